The first-order valence-electron chi connectivity index (χ1n) is 7.02. The lowest BCUT2D eigenvalue weighted by atomic mass is 10.3. The smallest absolute Gasteiger partial charge is 0.336 e. The number of carbonyl (C=O) groups is 1. The van der Waals surface area contributed by atoms with Gasteiger partial charge in [-0.2, -0.15) is 0 Å². The van der Waals surface area contributed by atoms with Gasteiger partial charge in [0.25, 0.3) is 0 Å². The molecule has 0 atom stereocenters. The van der Waals surface area contributed by atoms with Gasteiger partial charge in [0.05, 0.1) is 12.2 Å². The lowest BCUT2D eigenvalue weighted by Crippen LogP contribution is -2.06. The first-order chi connectivity index (χ1) is 10.7. The molecule has 0 amide bonds. The topological polar surface area (TPSA) is 44.8 Å². The summed E-state index contributed by atoms with van der Waals surface area (Å²) in [5.74, 6) is 1.72. The highest BCUT2D eigenvalue weighted by atomic mass is 16.5. The summed E-state index contributed by atoms with van der Waals surface area (Å²) in [7, 11) is 0. The minimum Gasteiger partial charge on any atom is -0.464 e. The maximum Gasteiger partial charge on any atom is 0.336 e. The van der Waals surface area contributed by atoms with Crippen LogP contribution in [-0.2, 0) is 9.53 Å². The van der Waals surface area contributed by atoms with E-state index in [2.05, 4.69) is 0 Å². The second-order valence-corrected chi connectivity index (χ2v) is 4.53. The Morgan fingerprint density at radius 2 is 1.55 bits per heavy atom. The van der Waals surface area contributed by atoms with Gasteiger partial charge in [0.1, 0.15) is 23.5 Å². The number of benzene rings is 2. The Labute approximate surface area is 129 Å². The van der Waals surface area contributed by atoms with Crippen molar-refractivity contribution in [3.8, 4) is 17.2 Å². The summed E-state index contributed by atoms with van der Waals surface area (Å²) in [4.78, 5) is 11.4. The van der Waals surface area contributed by atoms with Crippen LogP contribution in [0.25, 0.3) is 0 Å². The second kappa shape index (κ2) is 7.88. The third-order valence-electron chi connectivity index (χ3n) is 2.77. The fraction of sp³-hybridized carbons (Fsp3) is 0.167. The summed E-state index contributed by atoms with van der Waals surface area (Å²) in [5.41, 5.74) is 0.409. The molecule has 0 N–H and O–H groups in total. The minimum absolute atomic E-state index is 0.343. The van der Waals surface area contributed by atoms with Gasteiger partial charge < -0.3 is 14.2 Å². The summed E-state index contributed by atoms with van der Waals surface area (Å²) in [6, 6.07) is 16.7. The van der Waals surface area contributed by atoms with Crippen LogP contribution in [0, 0.1) is 0 Å². The first kappa shape index (κ1) is 15.6. The van der Waals surface area contributed by atoms with E-state index in [9.17, 15) is 4.79 Å². The van der Waals surface area contributed by atoms with Crippen molar-refractivity contribution in [1.29, 1.82) is 0 Å². The van der Waals surface area contributed by atoms with Crippen LogP contribution in [0.1, 0.15) is 13.8 Å². The van der Waals surface area contributed by atoms with Gasteiger partial charge in [-0.3, -0.25) is 0 Å². The molecule has 0 bridgehead atoms. The van der Waals surface area contributed by atoms with Gasteiger partial charge in [0, 0.05) is 0 Å². The Balaban J connectivity index is 1.94. The van der Waals surface area contributed by atoms with Gasteiger partial charge in [-0.05, 0) is 50.2 Å². The molecule has 0 saturated carbocycles. The van der Waals surface area contributed by atoms with Crippen molar-refractivity contribution in [3.63, 3.8) is 0 Å². The maximum absolute atomic E-state index is 11.4. The highest BCUT2D eigenvalue weighted by molar-refractivity contribution is 5.87. The summed E-state index contributed by atoms with van der Waals surface area (Å²) in [6.07, 6.45) is 1.38. The Bertz CT molecular complexity index is 630. The van der Waals surface area contributed by atoms with Crippen LogP contribution in [0.5, 0.6) is 17.2 Å². The molecule has 0 saturated heterocycles. The molecule has 0 heterocycles. The first-order valence-corrected chi connectivity index (χ1v) is 7.02. The summed E-state index contributed by atoms with van der Waals surface area (Å²) >= 11 is 0. The van der Waals surface area contributed by atoms with Crippen molar-refractivity contribution in [3.05, 3.63) is 66.4 Å². The lowest BCUT2D eigenvalue weighted by molar-refractivity contribution is -0.138. The molecule has 0 spiro atoms. The number of rotatable bonds is 6. The molecule has 0 aliphatic heterocycles. The molecule has 2 aromatic rings. The van der Waals surface area contributed by atoms with Crippen LogP contribution in [0.2, 0.25) is 0 Å². The van der Waals surface area contributed by atoms with Gasteiger partial charge in [-0.15, -0.1) is 0 Å². The van der Waals surface area contributed by atoms with E-state index in [4.69, 9.17) is 14.2 Å². The molecule has 0 fully saturated rings. The van der Waals surface area contributed by atoms with E-state index in [-0.39, 0.29) is 5.97 Å². The molecule has 114 valence electrons. The van der Waals surface area contributed by atoms with E-state index in [1.165, 1.54) is 6.26 Å². The van der Waals surface area contributed by atoms with Gasteiger partial charge in [0.15, 0.2) is 0 Å². The summed E-state index contributed by atoms with van der Waals surface area (Å²) in [5, 5.41) is 0. The van der Waals surface area contributed by atoms with E-state index in [1.807, 2.05) is 30.3 Å². The number of ether oxygens (including phenoxy) is 3. The summed E-state index contributed by atoms with van der Waals surface area (Å²) < 4.78 is 16.0. The monoisotopic (exact) mass is 298 g/mol. The lowest BCUT2D eigenvalue weighted by Gasteiger charge is -2.07. The second-order valence-electron chi connectivity index (χ2n) is 4.53. The normalized spacial score (nSPS) is 10.9. The molecule has 2 aromatic carbocycles. The molecule has 2 rings (SSSR count). The van der Waals surface area contributed by atoms with Crippen LogP contribution in [0.4, 0.5) is 0 Å². The highest BCUT2D eigenvalue weighted by Crippen LogP contribution is 2.23. The number of carbonyl (C=O) groups excluding carboxylic acids is 1. The van der Waals surface area contributed by atoms with Gasteiger partial charge in [-0.1, -0.05) is 18.2 Å². The molecular weight excluding hydrogens is 280 g/mol. The number of hydrogen-bond donors (Lipinski definition) is 0. The standard InChI is InChI=1S/C18H18O4/c1-3-20-18(19)14(2)13-21-15-9-11-17(12-10-15)22-16-7-5-4-6-8-16/h4-13H,3H2,1-2H3. The zero-order valence-corrected chi connectivity index (χ0v) is 12.6. The molecule has 4 heteroatoms. The van der Waals surface area contributed by atoms with Crippen molar-refractivity contribution in [2.24, 2.45) is 0 Å². The number of hydrogen-bond acceptors (Lipinski definition) is 4. The molecule has 0 aliphatic carbocycles. The Morgan fingerprint density at radius 1 is 0.955 bits per heavy atom. The average Bonchev–Trinajstić information content (AvgIpc) is 2.55. The molecule has 22 heavy (non-hydrogen) atoms. The quantitative estimate of drug-likeness (QED) is 0.452. The largest absolute Gasteiger partial charge is 0.464 e. The van der Waals surface area contributed by atoms with E-state index >= 15 is 0 Å². The van der Waals surface area contributed by atoms with Crippen molar-refractivity contribution in [1.82, 2.24) is 0 Å². The molecule has 0 radical (unpaired) electrons. The van der Waals surface area contributed by atoms with Gasteiger partial charge >= 0.3 is 5.97 Å². The Hall–Kier alpha value is -2.75. The molecular formula is C18H18O4. The van der Waals surface area contributed by atoms with Crippen molar-refractivity contribution in [2.45, 2.75) is 13.8 Å². The molecule has 0 aliphatic rings. The van der Waals surface area contributed by atoms with Crippen LogP contribution in [-0.4, -0.2) is 12.6 Å². The fourth-order valence-corrected chi connectivity index (χ4v) is 1.66. The van der Waals surface area contributed by atoms with Crippen molar-refractivity contribution < 1.29 is 19.0 Å². The van der Waals surface area contributed by atoms with Gasteiger partial charge in [-0.25, -0.2) is 4.79 Å². The molecule has 0 aromatic heterocycles. The average molecular weight is 298 g/mol. The van der Waals surface area contributed by atoms with Gasteiger partial charge in [0.2, 0.25) is 0 Å². The SMILES string of the molecule is CCOC(=O)C(C)=COc1ccc(Oc2ccccc2)cc1. The Morgan fingerprint density at radius 3 is 2.18 bits per heavy atom. The van der Waals surface area contributed by atoms with E-state index < -0.39 is 0 Å². The summed E-state index contributed by atoms with van der Waals surface area (Å²) in [6.45, 7) is 3.75. The predicted molar refractivity (Wildman–Crippen MR) is 84.0 cm³/mol. The van der Waals surface area contributed by atoms with E-state index in [0.29, 0.717) is 23.7 Å². The predicted octanol–water partition coefficient (Wildman–Crippen LogP) is 4.32. The fourth-order valence-electron chi connectivity index (χ4n) is 1.66. The molecule has 0 unspecified atom stereocenters. The third kappa shape index (κ3) is 4.66. The third-order valence-corrected chi connectivity index (χ3v) is 2.77. The zero-order valence-electron chi connectivity index (χ0n) is 12.6. The Kier molecular flexibility index (Phi) is 5.60. The van der Waals surface area contributed by atoms with Crippen molar-refractivity contribution >= 4 is 5.97 Å². The highest BCUT2D eigenvalue weighted by Gasteiger charge is 2.05. The van der Waals surface area contributed by atoms with Crippen molar-refractivity contribution in [2.75, 3.05) is 6.61 Å². The van der Waals surface area contributed by atoms with Crippen LogP contribution in [0.3, 0.4) is 0 Å². The number of para-hydroxylation sites is 1. The van der Waals surface area contributed by atoms with Crippen LogP contribution < -0.4 is 9.47 Å². The zero-order chi connectivity index (χ0) is 15.8. The molecule has 4 nitrogen and oxygen atoms in total. The minimum atomic E-state index is -0.383. The van der Waals surface area contributed by atoms with Crippen LogP contribution >= 0.6 is 0 Å². The van der Waals surface area contributed by atoms with Crippen LogP contribution in [0.15, 0.2) is 66.4 Å². The number of esters is 1. The van der Waals surface area contributed by atoms with E-state index in [0.717, 1.165) is 5.75 Å². The van der Waals surface area contributed by atoms with E-state index in [1.54, 1.807) is 38.1 Å². The maximum atomic E-state index is 11.4.